The van der Waals surface area contributed by atoms with E-state index in [0.29, 0.717) is 5.69 Å². The number of rotatable bonds is 0. The van der Waals surface area contributed by atoms with Crippen LogP contribution in [0.25, 0.3) is 0 Å². The van der Waals surface area contributed by atoms with Crippen LogP contribution in [0, 0.1) is 0 Å². The number of nitrogens with zero attached hydrogens (tertiary/aromatic N) is 2. The van der Waals surface area contributed by atoms with Crippen molar-refractivity contribution in [3.05, 3.63) is 18.2 Å². The predicted octanol–water partition coefficient (Wildman–Crippen LogP) is 1.89. The van der Waals surface area contributed by atoms with E-state index in [1.165, 1.54) is 12.4 Å². The standard InChI is InChI=1S/C5H4Cl3N3/c6-5(7,8)4-10-1-3(9)2-11-4/h1-2H,9H2. The van der Waals surface area contributed by atoms with Gasteiger partial charge in [0.25, 0.3) is 0 Å². The van der Waals surface area contributed by atoms with Gasteiger partial charge in [-0.25, -0.2) is 9.97 Å². The lowest BCUT2D eigenvalue weighted by molar-refractivity contribution is 0.972. The fourth-order valence-corrected chi connectivity index (χ4v) is 0.777. The molecule has 0 aliphatic heterocycles. The zero-order valence-corrected chi connectivity index (χ0v) is 7.53. The van der Waals surface area contributed by atoms with Gasteiger partial charge in [-0.2, -0.15) is 0 Å². The predicted molar refractivity (Wildman–Crippen MR) is 45.7 cm³/mol. The number of anilines is 1. The van der Waals surface area contributed by atoms with Crippen LogP contribution in [0.2, 0.25) is 0 Å². The van der Waals surface area contributed by atoms with Crippen LogP contribution < -0.4 is 5.73 Å². The number of aromatic nitrogens is 2. The molecule has 6 heteroatoms. The van der Waals surface area contributed by atoms with Gasteiger partial charge in [0.1, 0.15) is 0 Å². The van der Waals surface area contributed by atoms with E-state index in [1.807, 2.05) is 0 Å². The van der Waals surface area contributed by atoms with E-state index in [0.717, 1.165) is 0 Å². The number of alkyl halides is 3. The van der Waals surface area contributed by atoms with Crippen molar-refractivity contribution in [1.29, 1.82) is 0 Å². The van der Waals surface area contributed by atoms with E-state index in [-0.39, 0.29) is 5.82 Å². The van der Waals surface area contributed by atoms with Gasteiger partial charge in [-0.3, -0.25) is 0 Å². The maximum absolute atomic E-state index is 5.48. The normalized spacial score (nSPS) is 11.5. The summed E-state index contributed by atoms with van der Waals surface area (Å²) in [5.41, 5.74) is 5.75. The average Bonchev–Trinajstić information content (AvgIpc) is 1.86. The van der Waals surface area contributed by atoms with E-state index in [4.69, 9.17) is 40.5 Å². The number of hydrogen-bond donors (Lipinski definition) is 1. The van der Waals surface area contributed by atoms with E-state index < -0.39 is 3.79 Å². The first-order valence-corrected chi connectivity index (χ1v) is 3.78. The number of nitrogens with two attached hydrogens (primary N) is 1. The molecule has 0 aromatic carbocycles. The molecule has 0 spiro atoms. The third-order valence-electron chi connectivity index (χ3n) is 0.925. The van der Waals surface area contributed by atoms with Crippen LogP contribution in [-0.4, -0.2) is 9.97 Å². The van der Waals surface area contributed by atoms with Crippen molar-refractivity contribution in [3.63, 3.8) is 0 Å². The zero-order valence-electron chi connectivity index (χ0n) is 5.26. The molecule has 11 heavy (non-hydrogen) atoms. The molecule has 2 N–H and O–H groups in total. The highest BCUT2D eigenvalue weighted by Gasteiger charge is 2.25. The van der Waals surface area contributed by atoms with Gasteiger partial charge in [-0.15, -0.1) is 0 Å². The summed E-state index contributed by atoms with van der Waals surface area (Å²) in [4.78, 5) is 7.44. The average molecular weight is 212 g/mol. The van der Waals surface area contributed by atoms with Crippen molar-refractivity contribution in [2.75, 3.05) is 5.73 Å². The molecule has 3 nitrogen and oxygen atoms in total. The molecule has 0 atom stereocenters. The highest BCUT2D eigenvalue weighted by molar-refractivity contribution is 6.66. The minimum absolute atomic E-state index is 0.122. The molecule has 0 unspecified atom stereocenters. The van der Waals surface area contributed by atoms with Gasteiger partial charge in [-0.1, -0.05) is 34.8 Å². The SMILES string of the molecule is Nc1cnc(C(Cl)(Cl)Cl)nc1. The van der Waals surface area contributed by atoms with Crippen LogP contribution in [0.4, 0.5) is 5.69 Å². The molecule has 0 bridgehead atoms. The topological polar surface area (TPSA) is 51.8 Å². The summed E-state index contributed by atoms with van der Waals surface area (Å²) in [6.45, 7) is 0. The van der Waals surface area contributed by atoms with Crippen molar-refractivity contribution >= 4 is 40.5 Å². The lowest BCUT2D eigenvalue weighted by Crippen LogP contribution is -2.06. The van der Waals surface area contributed by atoms with Gasteiger partial charge in [0.05, 0.1) is 18.1 Å². The van der Waals surface area contributed by atoms with Crippen molar-refractivity contribution in [3.8, 4) is 0 Å². The third-order valence-corrected chi connectivity index (χ3v) is 1.43. The molecule has 1 rings (SSSR count). The first-order chi connectivity index (χ1) is 5.00. The first kappa shape index (κ1) is 8.84. The number of nitrogen functional groups attached to an aromatic ring is 1. The van der Waals surface area contributed by atoms with Gasteiger partial charge in [0, 0.05) is 0 Å². The molecule has 1 aromatic rings. The molecule has 60 valence electrons. The Morgan fingerprint density at radius 3 is 2.00 bits per heavy atom. The van der Waals surface area contributed by atoms with Gasteiger partial charge in [0.2, 0.25) is 3.79 Å². The fraction of sp³-hybridized carbons (Fsp3) is 0.200. The second-order valence-corrected chi connectivity index (χ2v) is 4.12. The summed E-state index contributed by atoms with van der Waals surface area (Å²) in [6, 6.07) is 0. The molecule has 1 aromatic heterocycles. The lowest BCUT2D eigenvalue weighted by Gasteiger charge is -2.07. The largest absolute Gasteiger partial charge is 0.396 e. The lowest BCUT2D eigenvalue weighted by atomic mass is 10.5. The van der Waals surface area contributed by atoms with Crippen molar-refractivity contribution in [1.82, 2.24) is 9.97 Å². The van der Waals surface area contributed by atoms with Crippen molar-refractivity contribution < 1.29 is 0 Å². The van der Waals surface area contributed by atoms with E-state index in [1.54, 1.807) is 0 Å². The Morgan fingerprint density at radius 1 is 1.18 bits per heavy atom. The molecule has 0 fully saturated rings. The van der Waals surface area contributed by atoms with Crippen LogP contribution in [0.15, 0.2) is 12.4 Å². The molecule has 0 radical (unpaired) electrons. The highest BCUT2D eigenvalue weighted by atomic mass is 35.6. The summed E-state index contributed by atoms with van der Waals surface area (Å²) < 4.78 is -1.58. The summed E-state index contributed by atoms with van der Waals surface area (Å²) in [5.74, 6) is 0.122. The fourth-order valence-electron chi connectivity index (χ4n) is 0.484. The second kappa shape index (κ2) is 3.01. The minimum Gasteiger partial charge on any atom is -0.396 e. The Morgan fingerprint density at radius 2 is 1.64 bits per heavy atom. The van der Waals surface area contributed by atoms with Crippen molar-refractivity contribution in [2.45, 2.75) is 3.79 Å². The van der Waals surface area contributed by atoms with Crippen LogP contribution in [0.1, 0.15) is 5.82 Å². The van der Waals surface area contributed by atoms with E-state index >= 15 is 0 Å². The summed E-state index contributed by atoms with van der Waals surface area (Å²) >= 11 is 16.4. The Hall–Kier alpha value is -0.250. The van der Waals surface area contributed by atoms with Gasteiger partial charge in [0.15, 0.2) is 5.82 Å². The Bertz CT molecular complexity index is 240. The Labute approximate surface area is 78.5 Å². The van der Waals surface area contributed by atoms with E-state index in [9.17, 15) is 0 Å². The van der Waals surface area contributed by atoms with Crippen LogP contribution in [0.3, 0.4) is 0 Å². The Balaban J connectivity index is 2.99. The molecule has 0 saturated heterocycles. The molecular weight excluding hydrogens is 208 g/mol. The molecule has 0 saturated carbocycles. The minimum atomic E-state index is -1.58. The quantitative estimate of drug-likeness (QED) is 0.668. The number of halogens is 3. The van der Waals surface area contributed by atoms with Crippen LogP contribution in [-0.2, 0) is 3.79 Å². The smallest absolute Gasteiger partial charge is 0.250 e. The van der Waals surface area contributed by atoms with E-state index in [2.05, 4.69) is 9.97 Å². The van der Waals surface area contributed by atoms with Crippen molar-refractivity contribution in [2.24, 2.45) is 0 Å². The maximum atomic E-state index is 5.48. The summed E-state index contributed by atoms with van der Waals surface area (Å²) in [6.07, 6.45) is 2.76. The molecule has 0 aliphatic carbocycles. The molecule has 0 amide bonds. The van der Waals surface area contributed by atoms with Gasteiger partial charge in [-0.05, 0) is 0 Å². The second-order valence-electron chi connectivity index (χ2n) is 1.84. The summed E-state index contributed by atoms with van der Waals surface area (Å²) in [5, 5.41) is 0. The van der Waals surface area contributed by atoms with Gasteiger partial charge >= 0.3 is 0 Å². The number of hydrogen-bond acceptors (Lipinski definition) is 3. The van der Waals surface area contributed by atoms with Crippen LogP contribution >= 0.6 is 34.8 Å². The van der Waals surface area contributed by atoms with Crippen LogP contribution in [0.5, 0.6) is 0 Å². The maximum Gasteiger partial charge on any atom is 0.250 e. The third kappa shape index (κ3) is 2.36. The molecular formula is C5H4Cl3N3. The molecule has 1 heterocycles. The zero-order chi connectivity index (χ0) is 8.48. The monoisotopic (exact) mass is 211 g/mol. The van der Waals surface area contributed by atoms with Gasteiger partial charge < -0.3 is 5.73 Å². The summed E-state index contributed by atoms with van der Waals surface area (Å²) in [7, 11) is 0. The molecule has 0 aliphatic rings. The Kier molecular flexibility index (Phi) is 2.42. The highest BCUT2D eigenvalue weighted by Crippen LogP contribution is 2.35. The first-order valence-electron chi connectivity index (χ1n) is 2.65.